The van der Waals surface area contributed by atoms with Crippen LogP contribution in [0.1, 0.15) is 112 Å². The van der Waals surface area contributed by atoms with Crippen LogP contribution >= 0.6 is 11.6 Å². The SMILES string of the molecule is CC(=O)c1cc(N2CCNCC2)ccc1B1OC(C)(C)C(C)(C)O1.CO[C@@]1(C=O)/C=C/C[C@H](C)[C@@H](C)S(=O)(=O)NC(=O)c2ccc3c(c2)N(C[C@@H]2CC[C@H]21)C[C@@]1(CCCc2cc(Cl)ccc21)CO3. The third kappa shape index (κ3) is 9.77. The number of carbonyl (C=O) groups is 3. The first-order chi connectivity index (χ1) is 32.2. The van der Waals surface area contributed by atoms with Crippen molar-refractivity contribution in [3.8, 4) is 5.75 Å². The molecular weight excluding hydrogens is 903 g/mol. The van der Waals surface area contributed by atoms with E-state index in [1.807, 2.05) is 65.0 Å². The number of ether oxygens (including phenoxy) is 2. The van der Waals surface area contributed by atoms with Crippen molar-refractivity contribution >= 4 is 63.6 Å². The molecule has 2 aliphatic carbocycles. The van der Waals surface area contributed by atoms with E-state index in [1.54, 1.807) is 39.2 Å². The summed E-state index contributed by atoms with van der Waals surface area (Å²) in [5.41, 5.74) is 3.81. The number of piperazine rings is 1. The quantitative estimate of drug-likeness (QED) is 0.117. The minimum absolute atomic E-state index is 0.0386. The van der Waals surface area contributed by atoms with E-state index in [9.17, 15) is 22.8 Å². The Labute approximate surface area is 408 Å². The molecule has 0 aromatic heterocycles. The Hall–Kier alpha value is -4.25. The molecule has 366 valence electrons. The summed E-state index contributed by atoms with van der Waals surface area (Å²) in [6.45, 7) is 18.7. The number of hydrogen-bond donors (Lipinski definition) is 2. The van der Waals surface area contributed by atoms with E-state index in [0.29, 0.717) is 42.5 Å². The lowest BCUT2D eigenvalue weighted by Crippen LogP contribution is -2.53. The maximum absolute atomic E-state index is 13.4. The molecular formula is C52H68BClN4O9S. The highest BCUT2D eigenvalue weighted by molar-refractivity contribution is 7.90. The molecule has 4 heterocycles. The van der Waals surface area contributed by atoms with Crippen LogP contribution in [0.25, 0.3) is 0 Å². The van der Waals surface area contributed by atoms with Crippen molar-refractivity contribution in [1.29, 1.82) is 0 Å². The van der Waals surface area contributed by atoms with Gasteiger partial charge in [0.1, 0.15) is 11.4 Å². The van der Waals surface area contributed by atoms with E-state index < -0.39 is 45.1 Å². The first-order valence-electron chi connectivity index (χ1n) is 24.2. The van der Waals surface area contributed by atoms with Gasteiger partial charge in [-0.05, 0) is 157 Å². The number of carbonyl (C=O) groups excluding carboxylic acids is 3. The van der Waals surface area contributed by atoms with Crippen molar-refractivity contribution in [2.24, 2.45) is 17.8 Å². The van der Waals surface area contributed by atoms with Gasteiger partial charge in [-0.2, -0.15) is 0 Å². The fourth-order valence-electron chi connectivity index (χ4n) is 10.8. The fraction of sp³-hybridized carbons (Fsp3) is 0.558. The van der Waals surface area contributed by atoms with Gasteiger partial charge in [0.15, 0.2) is 12.1 Å². The van der Waals surface area contributed by atoms with Gasteiger partial charge in [0.25, 0.3) is 5.91 Å². The molecule has 0 radical (unpaired) electrons. The lowest BCUT2D eigenvalue weighted by Gasteiger charge is -2.48. The Morgan fingerprint density at radius 3 is 2.37 bits per heavy atom. The molecule has 6 aliphatic rings. The molecule has 3 aromatic carbocycles. The smallest absolute Gasteiger partial charge is 0.490 e. The zero-order valence-electron chi connectivity index (χ0n) is 40.9. The van der Waals surface area contributed by atoms with Gasteiger partial charge in [0.05, 0.1) is 28.7 Å². The Kier molecular flexibility index (Phi) is 14.4. The molecule has 0 unspecified atom stereocenters. The average Bonchev–Trinajstić information content (AvgIpc) is 3.42. The molecule has 3 aromatic rings. The number of nitrogens with one attached hydrogen (secondary N) is 2. The standard InChI is InChI=1S/C34H41ClN2O6S.C18H27BN2O3/c1-22-6-4-15-34(20-38,42-3)29-11-8-26(29)18-37-19-33(14-5-7-24-16-27(35)10-12-28(24)33)21-43-31-13-9-25(17-30(31)37)32(39)36-44(40,41)23(22)2;1-13(22)15-12-14(21-10-8-20-9-11-21)6-7-16(15)19-23-17(2,3)18(4,5)24-19/h4,9-10,12-13,15-17,20,22-23,26,29H,5-8,11,14,18-19,21H2,1-3H3,(H,36,39);6-7,12,20H,8-11H2,1-5H3/b15-4+;/t22-,23+,26-,29+,33-,34+;/m0./s1. The predicted octanol–water partition coefficient (Wildman–Crippen LogP) is 7.07. The Morgan fingerprint density at radius 2 is 1.71 bits per heavy atom. The summed E-state index contributed by atoms with van der Waals surface area (Å²) in [6.07, 6.45) is 9.65. The van der Waals surface area contributed by atoms with Crippen molar-refractivity contribution in [1.82, 2.24) is 10.0 Å². The number of Topliss-reactive ketones (excluding diaryl/α,β-unsaturated/α-hetero) is 1. The third-order valence-electron chi connectivity index (χ3n) is 16.1. The number of halogens is 1. The molecule has 1 amide bonds. The molecule has 3 fully saturated rings. The molecule has 1 saturated carbocycles. The van der Waals surface area contributed by atoms with Crippen molar-refractivity contribution in [3.63, 3.8) is 0 Å². The Balaban J connectivity index is 0.000000219. The molecule has 16 heteroatoms. The van der Waals surface area contributed by atoms with Gasteiger partial charge in [-0.25, -0.2) is 13.1 Å². The Morgan fingerprint density at radius 1 is 0.971 bits per heavy atom. The van der Waals surface area contributed by atoms with Crippen molar-refractivity contribution < 1.29 is 41.6 Å². The normalized spacial score (nSPS) is 30.0. The number of ketones is 1. The first kappa shape index (κ1) is 50.2. The number of methoxy groups -OCH3 is 1. The van der Waals surface area contributed by atoms with Crippen LogP contribution in [0.3, 0.4) is 0 Å². The molecule has 13 nitrogen and oxygen atoms in total. The van der Waals surface area contributed by atoms with E-state index in [0.717, 1.165) is 81.4 Å². The highest BCUT2D eigenvalue weighted by Gasteiger charge is 2.53. The molecule has 1 spiro atoms. The molecule has 6 atom stereocenters. The van der Waals surface area contributed by atoms with E-state index in [1.165, 1.54) is 11.1 Å². The van der Waals surface area contributed by atoms with Crippen molar-refractivity contribution in [3.05, 3.63) is 94.0 Å². The monoisotopic (exact) mass is 970 g/mol. The summed E-state index contributed by atoms with van der Waals surface area (Å²) in [5, 5.41) is 3.22. The topological polar surface area (TPSA) is 153 Å². The van der Waals surface area contributed by atoms with Crippen LogP contribution in [0.2, 0.25) is 5.02 Å². The number of benzene rings is 3. The van der Waals surface area contributed by atoms with Crippen molar-refractivity contribution in [2.45, 2.75) is 114 Å². The van der Waals surface area contributed by atoms with Gasteiger partial charge in [-0.3, -0.25) is 14.4 Å². The minimum atomic E-state index is -3.97. The summed E-state index contributed by atoms with van der Waals surface area (Å²) >= 11 is 6.40. The summed E-state index contributed by atoms with van der Waals surface area (Å²) in [6, 6.07) is 17.3. The van der Waals surface area contributed by atoms with E-state index >= 15 is 0 Å². The molecule has 9 rings (SSSR count). The summed E-state index contributed by atoms with van der Waals surface area (Å²) < 4.78 is 53.6. The summed E-state index contributed by atoms with van der Waals surface area (Å²) in [7, 11) is -2.91. The van der Waals surface area contributed by atoms with Crippen LogP contribution < -0.4 is 30.0 Å². The number of hydrogen-bond acceptors (Lipinski definition) is 12. The lowest BCUT2D eigenvalue weighted by molar-refractivity contribution is -0.135. The Bertz CT molecular complexity index is 2530. The zero-order chi connectivity index (χ0) is 48.8. The second-order valence-corrected chi connectivity index (χ2v) is 23.3. The number of nitrogens with zero attached hydrogens (tertiary/aromatic N) is 2. The maximum atomic E-state index is 13.4. The highest BCUT2D eigenvalue weighted by Crippen LogP contribution is 2.49. The highest BCUT2D eigenvalue weighted by atomic mass is 35.5. The number of aldehydes is 1. The van der Waals surface area contributed by atoms with Crippen molar-refractivity contribution in [2.75, 3.05) is 62.8 Å². The summed E-state index contributed by atoms with van der Waals surface area (Å²) in [5.74, 6) is -0.164. The number of sulfonamides is 1. The molecule has 4 aliphatic heterocycles. The zero-order valence-corrected chi connectivity index (χ0v) is 42.4. The number of allylic oxidation sites excluding steroid dienone is 1. The van der Waals surface area contributed by atoms with Crippen LogP contribution in [-0.2, 0) is 40.7 Å². The van der Waals surface area contributed by atoms with E-state index in [2.05, 4.69) is 38.0 Å². The molecule has 68 heavy (non-hydrogen) atoms. The fourth-order valence-corrected chi connectivity index (χ4v) is 12.3. The lowest BCUT2D eigenvalue weighted by atomic mass is 9.64. The second kappa shape index (κ2) is 19.5. The average molecular weight is 971 g/mol. The molecule has 2 saturated heterocycles. The van der Waals surface area contributed by atoms with Crippen LogP contribution in [0.4, 0.5) is 11.4 Å². The van der Waals surface area contributed by atoms with Gasteiger partial charge >= 0.3 is 7.12 Å². The maximum Gasteiger partial charge on any atom is 0.495 e. The number of aryl methyl sites for hydroxylation is 1. The summed E-state index contributed by atoms with van der Waals surface area (Å²) in [4.78, 5) is 42.9. The second-order valence-electron chi connectivity index (χ2n) is 20.9. The van der Waals surface area contributed by atoms with Gasteiger partial charge in [0.2, 0.25) is 10.0 Å². The predicted molar refractivity (Wildman–Crippen MR) is 268 cm³/mol. The van der Waals surface area contributed by atoms with E-state index in [-0.39, 0.29) is 34.5 Å². The van der Waals surface area contributed by atoms with Gasteiger partial charge in [-0.1, -0.05) is 36.7 Å². The number of fused-ring (bicyclic) bond motifs is 4. The molecule has 2 N–H and O–H groups in total. The largest absolute Gasteiger partial charge is 0.495 e. The number of amides is 1. The molecule has 2 bridgehead atoms. The van der Waals surface area contributed by atoms with Crippen LogP contribution in [0.5, 0.6) is 5.75 Å². The van der Waals surface area contributed by atoms with E-state index in [4.69, 9.17) is 30.4 Å². The van der Waals surface area contributed by atoms with Crippen LogP contribution in [-0.4, -0.2) is 109 Å². The minimum Gasteiger partial charge on any atom is -0.490 e. The van der Waals surface area contributed by atoms with Crippen LogP contribution in [0.15, 0.2) is 66.7 Å². The third-order valence-corrected chi connectivity index (χ3v) is 18.3. The number of rotatable bonds is 5. The first-order valence-corrected chi connectivity index (χ1v) is 26.2. The van der Waals surface area contributed by atoms with Crippen LogP contribution in [0, 0.1) is 17.8 Å². The number of anilines is 2. The van der Waals surface area contributed by atoms with Gasteiger partial charge in [-0.15, -0.1) is 0 Å². The van der Waals surface area contributed by atoms with Gasteiger partial charge in [0, 0.05) is 79.5 Å². The van der Waals surface area contributed by atoms with Gasteiger partial charge < -0.3 is 33.9 Å².